The third-order valence-electron chi connectivity index (χ3n) is 4.53. The summed E-state index contributed by atoms with van der Waals surface area (Å²) >= 11 is 1.08. The quantitative estimate of drug-likeness (QED) is 0.279. The average Bonchev–Trinajstić information content (AvgIpc) is 3.06. The lowest BCUT2D eigenvalue weighted by atomic mass is 10.1. The maximum absolute atomic E-state index is 12.7. The molecule has 1 amide bonds. The third-order valence-corrected chi connectivity index (χ3v) is 5.59. The highest BCUT2D eigenvalue weighted by Gasteiger charge is 2.31. The van der Waals surface area contributed by atoms with E-state index in [0.29, 0.717) is 22.2 Å². The van der Waals surface area contributed by atoms with E-state index < -0.39 is 10.9 Å². The predicted octanol–water partition coefficient (Wildman–Crippen LogP) is 3.63. The van der Waals surface area contributed by atoms with Crippen LogP contribution < -0.4 is 9.47 Å². The molecule has 166 valence electrons. The topological polar surface area (TPSA) is 121 Å². The predicted molar refractivity (Wildman–Crippen MR) is 119 cm³/mol. The van der Waals surface area contributed by atoms with Gasteiger partial charge < -0.3 is 14.2 Å². The average molecular weight is 457 g/mol. The fourth-order valence-electron chi connectivity index (χ4n) is 2.85. The number of amides is 1. The van der Waals surface area contributed by atoms with Crippen LogP contribution in [0.5, 0.6) is 11.5 Å². The van der Waals surface area contributed by atoms with Gasteiger partial charge in [0.15, 0.2) is 16.7 Å². The molecule has 0 aliphatic carbocycles. The Hall–Kier alpha value is -3.86. The number of hydrogen-bond donors (Lipinski definition) is 0. The Kier molecular flexibility index (Phi) is 6.79. The summed E-state index contributed by atoms with van der Waals surface area (Å²) in [6.45, 7) is 0. The largest absolute Gasteiger partial charge is 0.493 e. The van der Waals surface area contributed by atoms with Gasteiger partial charge in [0.1, 0.15) is 0 Å². The van der Waals surface area contributed by atoms with Crippen molar-refractivity contribution in [3.05, 3.63) is 62.5 Å². The van der Waals surface area contributed by atoms with Gasteiger partial charge in [0.2, 0.25) is 0 Å². The molecule has 0 unspecified atom stereocenters. The molecular weight excluding hydrogens is 438 g/mol. The summed E-state index contributed by atoms with van der Waals surface area (Å²) < 4.78 is 15.0. The number of nitro benzene ring substituents is 1. The summed E-state index contributed by atoms with van der Waals surface area (Å²) in [6, 6.07) is 9.07. The fourth-order valence-corrected chi connectivity index (χ4v) is 3.83. The summed E-state index contributed by atoms with van der Waals surface area (Å²) in [7, 11) is 5.65. The Labute approximate surface area is 187 Å². The maximum atomic E-state index is 12.7. The van der Waals surface area contributed by atoms with Gasteiger partial charge in [-0.3, -0.25) is 19.8 Å². The van der Waals surface area contributed by atoms with Gasteiger partial charge in [-0.2, -0.15) is 0 Å². The Bertz CT molecular complexity index is 1140. The Morgan fingerprint density at radius 1 is 1.12 bits per heavy atom. The molecule has 1 saturated heterocycles. The molecule has 1 aliphatic rings. The van der Waals surface area contributed by atoms with Gasteiger partial charge in [-0.25, -0.2) is 9.79 Å². The zero-order valence-corrected chi connectivity index (χ0v) is 18.5. The molecular formula is C21H19N3O7S. The van der Waals surface area contributed by atoms with Crippen LogP contribution in [0.15, 0.2) is 46.3 Å². The minimum absolute atomic E-state index is 0.195. The number of nitro groups is 1. The van der Waals surface area contributed by atoms with Gasteiger partial charge in [0, 0.05) is 7.05 Å². The van der Waals surface area contributed by atoms with E-state index in [1.165, 1.54) is 44.4 Å². The van der Waals surface area contributed by atoms with Gasteiger partial charge in [0.25, 0.3) is 11.6 Å². The van der Waals surface area contributed by atoms with Gasteiger partial charge in [0.05, 0.1) is 54.0 Å². The van der Waals surface area contributed by atoms with E-state index in [1.54, 1.807) is 31.3 Å². The van der Waals surface area contributed by atoms with Crippen LogP contribution in [0.25, 0.3) is 6.08 Å². The first-order valence-corrected chi connectivity index (χ1v) is 9.95. The number of methoxy groups -OCH3 is 3. The van der Waals surface area contributed by atoms with Crippen molar-refractivity contribution in [2.45, 2.75) is 0 Å². The first-order valence-electron chi connectivity index (χ1n) is 9.14. The molecule has 0 atom stereocenters. The van der Waals surface area contributed by atoms with Gasteiger partial charge in [-0.05, 0) is 48.2 Å². The standard InChI is InChI=1S/C21H19N3O7S/c1-23-19(25)18(10-13-9-16(29-2)17(30-3)11-15(13)24(27)28)32-21(23)22-14-7-5-12(6-8-14)20(26)31-4/h5-11H,1-4H3/b18-10+,22-21?. The minimum Gasteiger partial charge on any atom is -0.493 e. The van der Waals surface area contributed by atoms with Crippen molar-refractivity contribution in [1.82, 2.24) is 4.90 Å². The van der Waals surface area contributed by atoms with Crippen LogP contribution in [0, 0.1) is 10.1 Å². The Balaban J connectivity index is 1.96. The number of ether oxygens (including phenoxy) is 3. The van der Waals surface area contributed by atoms with Crippen molar-refractivity contribution in [3.63, 3.8) is 0 Å². The molecule has 3 rings (SSSR count). The van der Waals surface area contributed by atoms with E-state index in [0.717, 1.165) is 11.8 Å². The van der Waals surface area contributed by atoms with Crippen LogP contribution in [0.2, 0.25) is 0 Å². The van der Waals surface area contributed by atoms with E-state index in [1.807, 2.05) is 0 Å². The molecule has 10 nitrogen and oxygen atoms in total. The molecule has 0 radical (unpaired) electrons. The molecule has 1 fully saturated rings. The summed E-state index contributed by atoms with van der Waals surface area (Å²) in [5.41, 5.74) is 0.870. The van der Waals surface area contributed by atoms with Crippen molar-refractivity contribution >= 4 is 46.3 Å². The number of benzene rings is 2. The number of rotatable bonds is 6. The van der Waals surface area contributed by atoms with E-state index >= 15 is 0 Å². The molecule has 32 heavy (non-hydrogen) atoms. The van der Waals surface area contributed by atoms with Crippen LogP contribution in [-0.4, -0.2) is 55.2 Å². The van der Waals surface area contributed by atoms with Crippen molar-refractivity contribution in [2.75, 3.05) is 28.4 Å². The summed E-state index contributed by atoms with van der Waals surface area (Å²) in [4.78, 5) is 41.3. The second-order valence-electron chi connectivity index (χ2n) is 6.43. The van der Waals surface area contributed by atoms with Crippen molar-refractivity contribution < 1.29 is 28.7 Å². The zero-order valence-electron chi connectivity index (χ0n) is 17.6. The lowest BCUT2D eigenvalue weighted by Crippen LogP contribution is -2.23. The molecule has 1 heterocycles. The molecule has 2 aromatic rings. The highest BCUT2D eigenvalue weighted by atomic mass is 32.2. The van der Waals surface area contributed by atoms with E-state index in [-0.39, 0.29) is 27.8 Å². The Morgan fingerprint density at radius 3 is 2.31 bits per heavy atom. The second kappa shape index (κ2) is 9.52. The molecule has 0 saturated carbocycles. The van der Waals surface area contributed by atoms with Crippen LogP contribution in [0.3, 0.4) is 0 Å². The fraction of sp³-hybridized carbons (Fsp3) is 0.190. The molecule has 0 aromatic heterocycles. The molecule has 2 aromatic carbocycles. The molecule has 1 aliphatic heterocycles. The normalized spacial score (nSPS) is 15.9. The number of carbonyl (C=O) groups excluding carboxylic acids is 2. The lowest BCUT2D eigenvalue weighted by Gasteiger charge is -2.09. The molecule has 11 heteroatoms. The molecule has 0 N–H and O–H groups in total. The first-order chi connectivity index (χ1) is 15.3. The zero-order chi connectivity index (χ0) is 23.4. The summed E-state index contributed by atoms with van der Waals surface area (Å²) in [5.74, 6) is -0.313. The number of carbonyl (C=O) groups is 2. The van der Waals surface area contributed by atoms with E-state index in [9.17, 15) is 19.7 Å². The number of amidine groups is 1. The third kappa shape index (κ3) is 4.57. The first kappa shape index (κ1) is 22.8. The van der Waals surface area contributed by atoms with Crippen LogP contribution in [-0.2, 0) is 9.53 Å². The van der Waals surface area contributed by atoms with Crippen LogP contribution in [0.4, 0.5) is 11.4 Å². The number of nitrogens with zero attached hydrogens (tertiary/aromatic N) is 3. The summed E-state index contributed by atoms with van der Waals surface area (Å²) in [5, 5.41) is 11.9. The Morgan fingerprint density at radius 2 is 1.75 bits per heavy atom. The minimum atomic E-state index is -0.556. The number of aliphatic imine (C=N–C) groups is 1. The lowest BCUT2D eigenvalue weighted by molar-refractivity contribution is -0.385. The van der Waals surface area contributed by atoms with Gasteiger partial charge >= 0.3 is 5.97 Å². The van der Waals surface area contributed by atoms with Crippen LogP contribution in [0.1, 0.15) is 15.9 Å². The molecule has 0 spiro atoms. The highest BCUT2D eigenvalue weighted by molar-refractivity contribution is 8.18. The summed E-state index contributed by atoms with van der Waals surface area (Å²) in [6.07, 6.45) is 1.42. The number of hydrogen-bond acceptors (Lipinski definition) is 9. The highest BCUT2D eigenvalue weighted by Crippen LogP contribution is 2.39. The van der Waals surface area contributed by atoms with E-state index in [4.69, 9.17) is 9.47 Å². The number of esters is 1. The maximum Gasteiger partial charge on any atom is 0.337 e. The number of thioether (sulfide) groups is 1. The smallest absolute Gasteiger partial charge is 0.337 e. The number of likely N-dealkylation sites (N-methyl/N-ethyl adjacent to an activating group) is 1. The SMILES string of the molecule is COC(=O)c1ccc(N=C2S/C(=C/c3cc(OC)c(OC)cc3[N+](=O)[O-])C(=O)N2C)cc1. The van der Waals surface area contributed by atoms with Gasteiger partial charge in [-0.1, -0.05) is 0 Å². The van der Waals surface area contributed by atoms with Crippen LogP contribution >= 0.6 is 11.8 Å². The van der Waals surface area contributed by atoms with Gasteiger partial charge in [-0.15, -0.1) is 0 Å². The molecule has 0 bridgehead atoms. The van der Waals surface area contributed by atoms with Crippen molar-refractivity contribution in [1.29, 1.82) is 0 Å². The monoisotopic (exact) mass is 457 g/mol. The van der Waals surface area contributed by atoms with E-state index in [2.05, 4.69) is 9.73 Å². The van der Waals surface area contributed by atoms with Crippen molar-refractivity contribution in [2.24, 2.45) is 4.99 Å². The second-order valence-corrected chi connectivity index (χ2v) is 7.44. The van der Waals surface area contributed by atoms with Crippen molar-refractivity contribution in [3.8, 4) is 11.5 Å².